The van der Waals surface area contributed by atoms with Crippen LogP contribution in [0.5, 0.6) is 0 Å². The Balaban J connectivity index is 2.55. The number of ether oxygens (including phenoxy) is 1. The molecule has 0 fully saturated rings. The van der Waals surface area contributed by atoms with Gasteiger partial charge in [0.25, 0.3) is 0 Å². The molecule has 0 heterocycles. The van der Waals surface area contributed by atoms with Gasteiger partial charge in [-0.25, -0.2) is 0 Å². The van der Waals surface area contributed by atoms with E-state index in [1.165, 1.54) is 12.0 Å². The molecule has 1 aromatic rings. The molecule has 0 aliphatic rings. The second-order valence-corrected chi connectivity index (χ2v) is 6.28. The topological polar surface area (TPSA) is 21.3 Å². The van der Waals surface area contributed by atoms with Gasteiger partial charge in [-0.05, 0) is 42.7 Å². The number of hydrogen-bond donors (Lipinski definition) is 1. The van der Waals surface area contributed by atoms with Crippen LogP contribution < -0.4 is 5.32 Å². The standard InChI is InChI=1S/C18H31NO/c1-15(2)13-19-14-18(12-16(3)10-11-20-4)17-8-6-5-7-9-17/h5-9,15-16,18-19H,10-14H2,1-4H3. The largest absolute Gasteiger partial charge is 0.385 e. The molecule has 114 valence electrons. The van der Waals surface area contributed by atoms with Crippen LogP contribution in [-0.4, -0.2) is 26.8 Å². The minimum absolute atomic E-state index is 0.599. The van der Waals surface area contributed by atoms with Crippen molar-refractivity contribution in [2.45, 2.75) is 39.5 Å². The summed E-state index contributed by atoms with van der Waals surface area (Å²) in [5.41, 5.74) is 1.45. The molecule has 1 aromatic carbocycles. The zero-order chi connectivity index (χ0) is 14.8. The molecule has 0 saturated heterocycles. The van der Waals surface area contributed by atoms with Crippen LogP contribution in [0.3, 0.4) is 0 Å². The van der Waals surface area contributed by atoms with Gasteiger partial charge in [0.2, 0.25) is 0 Å². The molecular weight excluding hydrogens is 246 g/mol. The maximum absolute atomic E-state index is 5.20. The first-order chi connectivity index (χ1) is 9.63. The zero-order valence-electron chi connectivity index (χ0n) is 13.6. The van der Waals surface area contributed by atoms with Gasteiger partial charge in [-0.3, -0.25) is 0 Å². The molecule has 2 nitrogen and oxygen atoms in total. The van der Waals surface area contributed by atoms with Gasteiger partial charge in [-0.1, -0.05) is 51.1 Å². The van der Waals surface area contributed by atoms with Gasteiger partial charge in [-0.2, -0.15) is 0 Å². The SMILES string of the molecule is COCCC(C)CC(CNCC(C)C)c1ccccc1. The summed E-state index contributed by atoms with van der Waals surface area (Å²) in [5, 5.41) is 3.61. The predicted octanol–water partition coefficient (Wildman–Crippen LogP) is 4.08. The number of benzene rings is 1. The Kier molecular flexibility index (Phi) is 8.56. The van der Waals surface area contributed by atoms with E-state index in [-0.39, 0.29) is 0 Å². The Morgan fingerprint density at radius 1 is 1.05 bits per heavy atom. The van der Waals surface area contributed by atoms with Gasteiger partial charge in [0.05, 0.1) is 0 Å². The van der Waals surface area contributed by atoms with Gasteiger partial charge < -0.3 is 10.1 Å². The first kappa shape index (κ1) is 17.2. The summed E-state index contributed by atoms with van der Waals surface area (Å²) in [6.45, 7) is 9.87. The highest BCUT2D eigenvalue weighted by Gasteiger charge is 2.15. The lowest BCUT2D eigenvalue weighted by Gasteiger charge is -2.22. The van der Waals surface area contributed by atoms with Crippen molar-refractivity contribution in [3.8, 4) is 0 Å². The van der Waals surface area contributed by atoms with Gasteiger partial charge in [0.15, 0.2) is 0 Å². The fourth-order valence-electron chi connectivity index (χ4n) is 2.53. The summed E-state index contributed by atoms with van der Waals surface area (Å²) in [4.78, 5) is 0. The minimum atomic E-state index is 0.599. The summed E-state index contributed by atoms with van der Waals surface area (Å²) in [6.07, 6.45) is 2.36. The molecule has 2 heteroatoms. The van der Waals surface area contributed by atoms with Crippen LogP contribution in [-0.2, 0) is 4.74 Å². The molecule has 20 heavy (non-hydrogen) atoms. The van der Waals surface area contributed by atoms with Gasteiger partial charge in [-0.15, -0.1) is 0 Å². The highest BCUT2D eigenvalue weighted by Crippen LogP contribution is 2.24. The lowest BCUT2D eigenvalue weighted by atomic mass is 9.88. The van der Waals surface area contributed by atoms with E-state index in [4.69, 9.17) is 4.74 Å². The molecule has 0 spiro atoms. The maximum atomic E-state index is 5.20. The average molecular weight is 277 g/mol. The highest BCUT2D eigenvalue weighted by atomic mass is 16.5. The van der Waals surface area contributed by atoms with Crippen molar-refractivity contribution in [3.05, 3.63) is 35.9 Å². The molecule has 0 aromatic heterocycles. The second-order valence-electron chi connectivity index (χ2n) is 6.28. The van der Waals surface area contributed by atoms with Crippen LogP contribution in [0.4, 0.5) is 0 Å². The van der Waals surface area contributed by atoms with E-state index in [0.717, 1.165) is 26.1 Å². The molecule has 0 radical (unpaired) electrons. The lowest BCUT2D eigenvalue weighted by molar-refractivity contribution is 0.176. The van der Waals surface area contributed by atoms with E-state index < -0.39 is 0 Å². The Hall–Kier alpha value is -0.860. The predicted molar refractivity (Wildman–Crippen MR) is 87.2 cm³/mol. The Labute approximate surface area is 124 Å². The van der Waals surface area contributed by atoms with E-state index >= 15 is 0 Å². The molecule has 2 atom stereocenters. The third kappa shape index (κ3) is 7.06. The molecule has 1 N–H and O–H groups in total. The fraction of sp³-hybridized carbons (Fsp3) is 0.667. The molecule has 0 saturated carbocycles. The molecule has 0 aliphatic carbocycles. The Morgan fingerprint density at radius 3 is 2.35 bits per heavy atom. The van der Waals surface area contributed by atoms with Gasteiger partial charge in [0.1, 0.15) is 0 Å². The first-order valence-corrected chi connectivity index (χ1v) is 7.88. The smallest absolute Gasteiger partial charge is 0.0464 e. The van der Waals surface area contributed by atoms with Crippen LogP contribution in [0.15, 0.2) is 30.3 Å². The van der Waals surface area contributed by atoms with Gasteiger partial charge >= 0.3 is 0 Å². The van der Waals surface area contributed by atoms with Crippen LogP contribution in [0.2, 0.25) is 0 Å². The van der Waals surface area contributed by atoms with E-state index in [9.17, 15) is 0 Å². The summed E-state index contributed by atoms with van der Waals surface area (Å²) in [6, 6.07) is 10.9. The van der Waals surface area contributed by atoms with Crippen molar-refractivity contribution in [1.29, 1.82) is 0 Å². The minimum Gasteiger partial charge on any atom is -0.385 e. The summed E-state index contributed by atoms with van der Waals surface area (Å²) in [7, 11) is 1.78. The highest BCUT2D eigenvalue weighted by molar-refractivity contribution is 5.20. The summed E-state index contributed by atoms with van der Waals surface area (Å²) < 4.78 is 5.20. The van der Waals surface area contributed by atoms with E-state index in [0.29, 0.717) is 17.8 Å². The Bertz CT molecular complexity index is 337. The monoisotopic (exact) mass is 277 g/mol. The third-order valence-electron chi connectivity index (χ3n) is 3.72. The van der Waals surface area contributed by atoms with Crippen LogP contribution in [0, 0.1) is 11.8 Å². The molecule has 0 aliphatic heterocycles. The van der Waals surface area contributed by atoms with E-state index in [1.807, 2.05) is 0 Å². The Morgan fingerprint density at radius 2 is 1.75 bits per heavy atom. The van der Waals surface area contributed by atoms with Crippen LogP contribution >= 0.6 is 0 Å². The van der Waals surface area contributed by atoms with E-state index in [1.54, 1.807) is 7.11 Å². The first-order valence-electron chi connectivity index (χ1n) is 7.88. The van der Waals surface area contributed by atoms with Crippen molar-refractivity contribution in [3.63, 3.8) is 0 Å². The lowest BCUT2D eigenvalue weighted by Crippen LogP contribution is -2.26. The summed E-state index contributed by atoms with van der Waals surface area (Å²) in [5.74, 6) is 2.00. The fourth-order valence-corrected chi connectivity index (χ4v) is 2.53. The molecule has 0 amide bonds. The second kappa shape index (κ2) is 9.95. The van der Waals surface area contributed by atoms with Crippen molar-refractivity contribution < 1.29 is 4.74 Å². The van der Waals surface area contributed by atoms with E-state index in [2.05, 4.69) is 56.4 Å². The van der Waals surface area contributed by atoms with Crippen LogP contribution in [0.1, 0.15) is 45.1 Å². The number of hydrogen-bond acceptors (Lipinski definition) is 2. The van der Waals surface area contributed by atoms with Crippen LogP contribution in [0.25, 0.3) is 0 Å². The average Bonchev–Trinajstić information content (AvgIpc) is 2.44. The van der Waals surface area contributed by atoms with Crippen molar-refractivity contribution in [2.24, 2.45) is 11.8 Å². The molecule has 0 bridgehead atoms. The normalized spacial score (nSPS) is 14.4. The molecular formula is C18H31NO. The number of methoxy groups -OCH3 is 1. The van der Waals surface area contributed by atoms with Crippen molar-refractivity contribution >= 4 is 0 Å². The quantitative estimate of drug-likeness (QED) is 0.696. The van der Waals surface area contributed by atoms with Crippen molar-refractivity contribution in [2.75, 3.05) is 26.8 Å². The third-order valence-corrected chi connectivity index (χ3v) is 3.72. The number of rotatable bonds is 10. The zero-order valence-corrected chi connectivity index (χ0v) is 13.6. The maximum Gasteiger partial charge on any atom is 0.0464 e. The van der Waals surface area contributed by atoms with Crippen molar-refractivity contribution in [1.82, 2.24) is 5.32 Å². The number of nitrogens with one attached hydrogen (secondary N) is 1. The van der Waals surface area contributed by atoms with Gasteiger partial charge in [0, 0.05) is 20.3 Å². The summed E-state index contributed by atoms with van der Waals surface area (Å²) >= 11 is 0. The molecule has 1 rings (SSSR count). The molecule has 2 unspecified atom stereocenters.